The molecular weight excluding hydrogens is 210 g/mol. The highest BCUT2D eigenvalue weighted by atomic mass is 32.2. The molecule has 0 N–H and O–H groups in total. The molecule has 1 fully saturated rings. The summed E-state index contributed by atoms with van der Waals surface area (Å²) in [6, 6.07) is 4.21. The van der Waals surface area contributed by atoms with E-state index in [1.165, 1.54) is 11.5 Å². The standard InChI is InChI=1S/C11H15NO2S/c1-9-8-15-5-4-12(9)6-10-2-3-11(7-13)14-10/h2-3,7,9H,4-6,8H2,1H3. The van der Waals surface area contributed by atoms with Crippen molar-refractivity contribution in [2.24, 2.45) is 0 Å². The molecule has 3 nitrogen and oxygen atoms in total. The summed E-state index contributed by atoms with van der Waals surface area (Å²) in [5.41, 5.74) is 0. The van der Waals surface area contributed by atoms with Crippen molar-refractivity contribution >= 4 is 18.0 Å². The summed E-state index contributed by atoms with van der Waals surface area (Å²) in [5, 5.41) is 0. The summed E-state index contributed by atoms with van der Waals surface area (Å²) in [4.78, 5) is 12.9. The van der Waals surface area contributed by atoms with Gasteiger partial charge >= 0.3 is 0 Å². The number of carbonyl (C=O) groups is 1. The molecule has 0 aliphatic carbocycles. The van der Waals surface area contributed by atoms with Crippen LogP contribution in [0.2, 0.25) is 0 Å². The normalized spacial score (nSPS) is 22.9. The Balaban J connectivity index is 1.97. The monoisotopic (exact) mass is 225 g/mol. The predicted octanol–water partition coefficient (Wildman–Crippen LogP) is 2.03. The second-order valence-corrected chi connectivity index (χ2v) is 4.97. The fourth-order valence-electron chi connectivity index (χ4n) is 1.74. The zero-order valence-corrected chi connectivity index (χ0v) is 9.63. The van der Waals surface area contributed by atoms with Crippen molar-refractivity contribution < 1.29 is 9.21 Å². The smallest absolute Gasteiger partial charge is 0.185 e. The zero-order chi connectivity index (χ0) is 10.7. The number of carbonyl (C=O) groups excluding carboxylic acids is 1. The molecule has 15 heavy (non-hydrogen) atoms. The fourth-order valence-corrected chi connectivity index (χ4v) is 2.82. The van der Waals surface area contributed by atoms with Crippen LogP contribution in [0.5, 0.6) is 0 Å². The fraction of sp³-hybridized carbons (Fsp3) is 0.545. The zero-order valence-electron chi connectivity index (χ0n) is 8.81. The third kappa shape index (κ3) is 2.63. The van der Waals surface area contributed by atoms with Crippen molar-refractivity contribution in [2.45, 2.75) is 19.5 Å². The Labute approximate surface area is 93.8 Å². The third-order valence-electron chi connectivity index (χ3n) is 2.66. The summed E-state index contributed by atoms with van der Waals surface area (Å²) in [6.45, 7) is 4.15. The average molecular weight is 225 g/mol. The van der Waals surface area contributed by atoms with Gasteiger partial charge in [0.25, 0.3) is 0 Å². The van der Waals surface area contributed by atoms with Crippen LogP contribution in [-0.2, 0) is 6.54 Å². The minimum Gasteiger partial charge on any atom is -0.457 e. The van der Waals surface area contributed by atoms with Gasteiger partial charge in [-0.2, -0.15) is 11.8 Å². The van der Waals surface area contributed by atoms with Gasteiger partial charge in [-0.25, -0.2) is 0 Å². The topological polar surface area (TPSA) is 33.5 Å². The number of aldehydes is 1. The maximum atomic E-state index is 10.5. The van der Waals surface area contributed by atoms with Gasteiger partial charge in [-0.15, -0.1) is 0 Å². The van der Waals surface area contributed by atoms with Gasteiger partial charge in [-0.3, -0.25) is 9.69 Å². The number of nitrogens with zero attached hydrogens (tertiary/aromatic N) is 1. The van der Waals surface area contributed by atoms with Crippen LogP contribution in [0.3, 0.4) is 0 Å². The summed E-state index contributed by atoms with van der Waals surface area (Å²) in [6.07, 6.45) is 0.749. The lowest BCUT2D eigenvalue weighted by Gasteiger charge is -2.32. The van der Waals surface area contributed by atoms with E-state index < -0.39 is 0 Å². The molecule has 0 amide bonds. The van der Waals surface area contributed by atoms with Crippen LogP contribution < -0.4 is 0 Å². The molecule has 0 spiro atoms. The first-order chi connectivity index (χ1) is 7.29. The van der Waals surface area contributed by atoms with E-state index in [2.05, 4.69) is 11.8 Å². The highest BCUT2D eigenvalue weighted by Crippen LogP contribution is 2.19. The number of hydrogen-bond acceptors (Lipinski definition) is 4. The first kappa shape index (κ1) is 10.8. The van der Waals surface area contributed by atoms with E-state index in [4.69, 9.17) is 4.42 Å². The van der Waals surface area contributed by atoms with E-state index in [9.17, 15) is 4.79 Å². The van der Waals surface area contributed by atoms with Crippen LogP contribution in [0, 0.1) is 0 Å². The first-order valence-electron chi connectivity index (χ1n) is 5.15. The highest BCUT2D eigenvalue weighted by Gasteiger charge is 2.19. The second kappa shape index (κ2) is 4.86. The SMILES string of the molecule is CC1CSCCN1Cc1ccc(C=O)o1. The van der Waals surface area contributed by atoms with Gasteiger partial charge in [-0.1, -0.05) is 0 Å². The molecule has 2 heterocycles. The lowest BCUT2D eigenvalue weighted by Crippen LogP contribution is -2.39. The molecule has 1 aromatic heterocycles. The molecule has 1 unspecified atom stereocenters. The van der Waals surface area contributed by atoms with Crippen molar-refractivity contribution in [3.8, 4) is 0 Å². The van der Waals surface area contributed by atoms with Crippen LogP contribution in [0.1, 0.15) is 23.2 Å². The highest BCUT2D eigenvalue weighted by molar-refractivity contribution is 7.99. The van der Waals surface area contributed by atoms with Crippen LogP contribution in [-0.4, -0.2) is 35.3 Å². The number of rotatable bonds is 3. The van der Waals surface area contributed by atoms with Crippen molar-refractivity contribution in [2.75, 3.05) is 18.1 Å². The third-order valence-corrected chi connectivity index (χ3v) is 3.85. The van der Waals surface area contributed by atoms with E-state index in [1.54, 1.807) is 6.07 Å². The minimum atomic E-state index is 0.420. The van der Waals surface area contributed by atoms with Gasteiger partial charge in [0.1, 0.15) is 5.76 Å². The molecule has 1 aliphatic heterocycles. The Bertz CT molecular complexity index is 337. The lowest BCUT2D eigenvalue weighted by molar-refractivity contribution is 0.109. The molecule has 2 rings (SSSR count). The molecular formula is C11H15NO2S. The quantitative estimate of drug-likeness (QED) is 0.737. The van der Waals surface area contributed by atoms with Gasteiger partial charge in [0.15, 0.2) is 12.0 Å². The van der Waals surface area contributed by atoms with E-state index in [1.807, 2.05) is 17.8 Å². The minimum absolute atomic E-state index is 0.420. The summed E-state index contributed by atoms with van der Waals surface area (Å²) < 4.78 is 5.37. The summed E-state index contributed by atoms with van der Waals surface area (Å²) >= 11 is 2.00. The van der Waals surface area contributed by atoms with E-state index in [0.29, 0.717) is 11.8 Å². The Morgan fingerprint density at radius 3 is 3.20 bits per heavy atom. The number of furan rings is 1. The second-order valence-electron chi connectivity index (χ2n) is 3.82. The largest absolute Gasteiger partial charge is 0.457 e. The summed E-state index contributed by atoms with van der Waals surface area (Å²) in [7, 11) is 0. The molecule has 4 heteroatoms. The summed E-state index contributed by atoms with van der Waals surface area (Å²) in [5.74, 6) is 3.67. The van der Waals surface area contributed by atoms with Crippen molar-refractivity contribution in [3.05, 3.63) is 23.7 Å². The van der Waals surface area contributed by atoms with Crippen molar-refractivity contribution in [1.82, 2.24) is 4.90 Å². The number of hydrogen-bond donors (Lipinski definition) is 0. The van der Waals surface area contributed by atoms with Gasteiger partial charge in [0.2, 0.25) is 0 Å². The molecule has 0 radical (unpaired) electrons. The molecule has 0 bridgehead atoms. The Kier molecular flexibility index (Phi) is 3.49. The Morgan fingerprint density at radius 2 is 2.53 bits per heavy atom. The molecule has 1 aliphatic rings. The average Bonchev–Trinajstić information content (AvgIpc) is 2.69. The lowest BCUT2D eigenvalue weighted by atomic mass is 10.3. The van der Waals surface area contributed by atoms with E-state index in [0.717, 1.165) is 25.1 Å². The van der Waals surface area contributed by atoms with Gasteiger partial charge in [-0.05, 0) is 19.1 Å². The molecule has 0 aromatic carbocycles. The van der Waals surface area contributed by atoms with Crippen molar-refractivity contribution in [3.63, 3.8) is 0 Å². The van der Waals surface area contributed by atoms with Crippen molar-refractivity contribution in [1.29, 1.82) is 0 Å². The molecule has 0 saturated carbocycles. The van der Waals surface area contributed by atoms with Crippen LogP contribution >= 0.6 is 11.8 Å². The van der Waals surface area contributed by atoms with Gasteiger partial charge < -0.3 is 4.42 Å². The molecule has 1 saturated heterocycles. The maximum absolute atomic E-state index is 10.5. The van der Waals surface area contributed by atoms with Gasteiger partial charge in [0, 0.05) is 24.1 Å². The van der Waals surface area contributed by atoms with Crippen LogP contribution in [0.25, 0.3) is 0 Å². The molecule has 1 atom stereocenters. The maximum Gasteiger partial charge on any atom is 0.185 e. The van der Waals surface area contributed by atoms with E-state index in [-0.39, 0.29) is 0 Å². The van der Waals surface area contributed by atoms with Gasteiger partial charge in [0.05, 0.1) is 6.54 Å². The predicted molar refractivity (Wildman–Crippen MR) is 61.3 cm³/mol. The van der Waals surface area contributed by atoms with Crippen LogP contribution in [0.15, 0.2) is 16.5 Å². The number of thioether (sulfide) groups is 1. The Hall–Kier alpha value is -0.740. The first-order valence-corrected chi connectivity index (χ1v) is 6.31. The van der Waals surface area contributed by atoms with E-state index >= 15 is 0 Å². The molecule has 1 aromatic rings. The Morgan fingerprint density at radius 1 is 1.67 bits per heavy atom. The molecule has 82 valence electrons. The van der Waals surface area contributed by atoms with Crippen LogP contribution in [0.4, 0.5) is 0 Å².